The topological polar surface area (TPSA) is 87.2 Å². The number of rotatable bonds is 10. The minimum absolute atomic E-state index is 0.0881. The van der Waals surface area contributed by atoms with Crippen molar-refractivity contribution in [3.63, 3.8) is 0 Å². The molecule has 0 radical (unpaired) electrons. The smallest absolute Gasteiger partial charge is 0.410 e. The Bertz CT molecular complexity index is 925. The molecule has 1 aliphatic carbocycles. The van der Waals surface area contributed by atoms with Gasteiger partial charge in [0.2, 0.25) is 10.0 Å². The first-order valence-electron chi connectivity index (χ1n) is 12.5. The molecule has 2 aliphatic rings. The van der Waals surface area contributed by atoms with Crippen LogP contribution in [0, 0.1) is 11.8 Å². The third-order valence-electron chi connectivity index (χ3n) is 7.37. The van der Waals surface area contributed by atoms with Crippen molar-refractivity contribution in [2.24, 2.45) is 11.8 Å². The molecule has 1 N–H and O–H groups in total. The van der Waals surface area contributed by atoms with Crippen LogP contribution in [-0.2, 0) is 14.8 Å². The van der Waals surface area contributed by atoms with Crippen molar-refractivity contribution in [2.45, 2.75) is 88.8 Å². The Morgan fingerprint density at radius 3 is 2.21 bits per heavy atom. The molecule has 0 spiro atoms. The lowest BCUT2D eigenvalue weighted by Crippen LogP contribution is -2.56. The monoisotopic (exact) mass is 514 g/mol. The molecule has 0 bridgehead atoms. The average Bonchev–Trinajstić information content (AvgIpc) is 3.59. The normalized spacial score (nSPS) is 20.4. The van der Waals surface area contributed by atoms with E-state index >= 15 is 0 Å². The molecule has 2 fully saturated rings. The number of piperidine rings is 1. The van der Waals surface area contributed by atoms with Crippen molar-refractivity contribution in [3.05, 3.63) is 29.3 Å². The number of likely N-dealkylation sites (tertiary alicyclic amines) is 1. The summed E-state index contributed by atoms with van der Waals surface area (Å²) in [7, 11) is -3.86. The van der Waals surface area contributed by atoms with E-state index in [1.165, 1.54) is 0 Å². The summed E-state index contributed by atoms with van der Waals surface area (Å²) < 4.78 is 35.7. The third-order valence-corrected chi connectivity index (χ3v) is 9.57. The van der Waals surface area contributed by atoms with E-state index in [-0.39, 0.29) is 35.5 Å². The third kappa shape index (κ3) is 5.72. The van der Waals surface area contributed by atoms with Crippen molar-refractivity contribution in [1.82, 2.24) is 9.21 Å². The number of hydrogen-bond donors (Lipinski definition) is 1. The molecular formula is C25H39ClN2O5S. The first-order valence-corrected chi connectivity index (χ1v) is 14.3. The quantitative estimate of drug-likeness (QED) is 0.479. The van der Waals surface area contributed by atoms with Gasteiger partial charge < -0.3 is 14.7 Å². The van der Waals surface area contributed by atoms with Gasteiger partial charge in [-0.05, 0) is 74.6 Å². The summed E-state index contributed by atoms with van der Waals surface area (Å²) in [5.41, 5.74) is -0.818. The van der Waals surface area contributed by atoms with Crippen LogP contribution in [0.15, 0.2) is 29.2 Å². The van der Waals surface area contributed by atoms with Crippen LogP contribution >= 0.6 is 11.6 Å². The lowest BCUT2D eigenvalue weighted by molar-refractivity contribution is -0.00575. The second kappa shape index (κ2) is 11.1. The van der Waals surface area contributed by atoms with Crippen LogP contribution in [-0.4, -0.2) is 66.2 Å². The first-order chi connectivity index (χ1) is 16.1. The minimum Gasteiger partial charge on any atom is -0.441 e. The Morgan fingerprint density at radius 2 is 1.76 bits per heavy atom. The molecule has 1 aliphatic heterocycles. The summed E-state index contributed by atoms with van der Waals surface area (Å²) in [5, 5.41) is 9.86. The number of amides is 1. The van der Waals surface area contributed by atoms with E-state index in [4.69, 9.17) is 16.3 Å². The van der Waals surface area contributed by atoms with E-state index in [9.17, 15) is 18.3 Å². The standard InChI is InChI=1S/C25H39ClN2O5S/c1-5-22(18(3)4)28(34(31,32)21-9-7-20(26)8-10-21)23(6-2)25(13-14-25)33-24(30)27-15-11-19(17-29)12-16-27/h7-10,18-19,22-23,29H,5-6,11-17H2,1-4H3/t22-,23+/m0/s1. The highest BCUT2D eigenvalue weighted by Crippen LogP contribution is 2.49. The van der Waals surface area contributed by atoms with Crippen molar-refractivity contribution < 1.29 is 23.1 Å². The first kappa shape index (κ1) is 27.2. The summed E-state index contributed by atoms with van der Waals surface area (Å²) in [6.45, 7) is 9.25. The van der Waals surface area contributed by atoms with Crippen LogP contribution in [0.25, 0.3) is 0 Å². The molecule has 1 heterocycles. The largest absolute Gasteiger partial charge is 0.441 e. The molecule has 1 amide bonds. The Morgan fingerprint density at radius 1 is 1.18 bits per heavy atom. The van der Waals surface area contributed by atoms with Gasteiger partial charge in [-0.25, -0.2) is 13.2 Å². The lowest BCUT2D eigenvalue weighted by Gasteiger charge is -2.42. The zero-order valence-electron chi connectivity index (χ0n) is 20.7. The molecule has 1 aromatic carbocycles. The molecule has 34 heavy (non-hydrogen) atoms. The fraction of sp³-hybridized carbons (Fsp3) is 0.720. The SMILES string of the molecule is CC[C@@H](C(C)C)N([C@H](CC)C1(OC(=O)N2CCC(CO)CC2)CC1)S(=O)(=O)c1ccc(Cl)cc1. The van der Waals surface area contributed by atoms with Gasteiger partial charge in [0.05, 0.1) is 10.9 Å². The number of ether oxygens (including phenoxy) is 1. The summed E-state index contributed by atoms with van der Waals surface area (Å²) in [4.78, 5) is 15.0. The highest BCUT2D eigenvalue weighted by atomic mass is 35.5. The van der Waals surface area contributed by atoms with Crippen LogP contribution in [0.1, 0.15) is 66.2 Å². The molecule has 7 nitrogen and oxygen atoms in total. The number of carbonyl (C=O) groups is 1. The van der Waals surface area contributed by atoms with E-state index in [0.29, 0.717) is 43.8 Å². The van der Waals surface area contributed by atoms with Crippen LogP contribution in [0.4, 0.5) is 4.79 Å². The number of aliphatic hydroxyl groups is 1. The van der Waals surface area contributed by atoms with Gasteiger partial charge in [-0.3, -0.25) is 0 Å². The molecule has 1 saturated heterocycles. The predicted molar refractivity (Wildman–Crippen MR) is 133 cm³/mol. The van der Waals surface area contributed by atoms with Crippen molar-refractivity contribution in [2.75, 3.05) is 19.7 Å². The number of hydrogen-bond acceptors (Lipinski definition) is 5. The van der Waals surface area contributed by atoms with E-state index in [0.717, 1.165) is 12.8 Å². The molecule has 3 rings (SSSR count). The van der Waals surface area contributed by atoms with Crippen molar-refractivity contribution in [3.8, 4) is 0 Å². The highest BCUT2D eigenvalue weighted by molar-refractivity contribution is 7.89. The Hall–Kier alpha value is -1.35. The Kier molecular flexibility index (Phi) is 8.93. The number of carbonyl (C=O) groups excluding carboxylic acids is 1. The number of nitrogens with zero attached hydrogens (tertiary/aromatic N) is 2. The maximum Gasteiger partial charge on any atom is 0.410 e. The highest BCUT2D eigenvalue weighted by Gasteiger charge is 2.58. The summed E-state index contributed by atoms with van der Waals surface area (Å²) in [6.07, 6.45) is 3.59. The summed E-state index contributed by atoms with van der Waals surface area (Å²) in [6, 6.07) is 5.57. The van der Waals surface area contributed by atoms with Gasteiger partial charge >= 0.3 is 6.09 Å². The maximum absolute atomic E-state index is 14.0. The molecular weight excluding hydrogens is 476 g/mol. The summed E-state index contributed by atoms with van der Waals surface area (Å²) in [5.74, 6) is 0.309. The van der Waals surface area contributed by atoms with E-state index in [2.05, 4.69) is 0 Å². The van der Waals surface area contributed by atoms with E-state index < -0.39 is 21.7 Å². The number of aliphatic hydroxyl groups excluding tert-OH is 1. The van der Waals surface area contributed by atoms with Crippen molar-refractivity contribution in [1.29, 1.82) is 0 Å². The van der Waals surface area contributed by atoms with Gasteiger partial charge in [0, 0.05) is 30.8 Å². The molecule has 2 atom stereocenters. The van der Waals surface area contributed by atoms with Gasteiger partial charge in [-0.2, -0.15) is 4.31 Å². The molecule has 1 saturated carbocycles. The van der Waals surface area contributed by atoms with Crippen LogP contribution in [0.2, 0.25) is 5.02 Å². The molecule has 0 aromatic heterocycles. The van der Waals surface area contributed by atoms with E-state index in [1.54, 1.807) is 33.5 Å². The zero-order chi connectivity index (χ0) is 25.1. The summed E-state index contributed by atoms with van der Waals surface area (Å²) >= 11 is 6.02. The second-order valence-corrected chi connectivity index (χ2v) is 12.3. The molecule has 0 unspecified atom stereocenters. The lowest BCUT2D eigenvalue weighted by atomic mass is 9.97. The zero-order valence-corrected chi connectivity index (χ0v) is 22.3. The van der Waals surface area contributed by atoms with Crippen LogP contribution < -0.4 is 0 Å². The molecule has 192 valence electrons. The number of sulfonamides is 1. The number of halogens is 1. The molecule has 1 aromatic rings. The fourth-order valence-electron chi connectivity index (χ4n) is 5.20. The maximum atomic E-state index is 14.0. The van der Waals surface area contributed by atoms with Gasteiger partial charge in [0.15, 0.2) is 0 Å². The Labute approximate surface area is 209 Å². The second-order valence-electron chi connectivity index (χ2n) is 9.98. The fourth-order valence-corrected chi connectivity index (χ4v) is 7.47. The van der Waals surface area contributed by atoms with Gasteiger partial charge in [0.25, 0.3) is 0 Å². The van der Waals surface area contributed by atoms with Crippen molar-refractivity contribution >= 4 is 27.7 Å². The number of benzene rings is 1. The van der Waals surface area contributed by atoms with Crippen LogP contribution in [0.5, 0.6) is 0 Å². The van der Waals surface area contributed by atoms with Gasteiger partial charge in [0.1, 0.15) is 5.60 Å². The molecule has 9 heteroatoms. The van der Waals surface area contributed by atoms with Crippen LogP contribution in [0.3, 0.4) is 0 Å². The van der Waals surface area contributed by atoms with E-state index in [1.807, 2.05) is 27.7 Å². The van der Waals surface area contributed by atoms with Gasteiger partial charge in [-0.15, -0.1) is 0 Å². The minimum atomic E-state index is -3.86. The predicted octanol–water partition coefficient (Wildman–Crippen LogP) is 4.92. The average molecular weight is 515 g/mol. The van der Waals surface area contributed by atoms with Gasteiger partial charge in [-0.1, -0.05) is 39.3 Å². The Balaban J connectivity index is 1.91.